The van der Waals surface area contributed by atoms with Crippen LogP contribution in [0.25, 0.3) is 0 Å². The van der Waals surface area contributed by atoms with Crippen LogP contribution >= 0.6 is 0 Å². The molecule has 0 fully saturated rings. The molecule has 0 unspecified atom stereocenters. The fourth-order valence-electron chi connectivity index (χ4n) is 1.13. The Hall–Kier alpha value is -2.44. The highest BCUT2D eigenvalue weighted by Gasteiger charge is 2.02. The molecule has 0 spiro atoms. The summed E-state index contributed by atoms with van der Waals surface area (Å²) in [6, 6.07) is 3.15. The van der Waals surface area contributed by atoms with Crippen LogP contribution < -0.4 is 11.1 Å². The fraction of sp³-hybridized carbons (Fsp3) is 0.111. The Kier molecular flexibility index (Phi) is 2.77. The summed E-state index contributed by atoms with van der Waals surface area (Å²) >= 11 is 0. The summed E-state index contributed by atoms with van der Waals surface area (Å²) in [4.78, 5) is 17.7. The van der Waals surface area contributed by atoms with Gasteiger partial charge in [0.25, 0.3) is 5.91 Å². The highest BCUT2D eigenvalue weighted by Crippen LogP contribution is 2.02. The van der Waals surface area contributed by atoms with Gasteiger partial charge in [-0.25, -0.2) is 4.98 Å². The van der Waals surface area contributed by atoms with E-state index in [9.17, 15) is 4.79 Å². The molecule has 0 aromatic carbocycles. The number of primary amides is 1. The SMILES string of the molecule is NC(=O)c1ccc(NCc2ncc[nH]2)nn1. The highest BCUT2D eigenvalue weighted by atomic mass is 16.1. The number of aromatic amines is 1. The van der Waals surface area contributed by atoms with Crippen molar-refractivity contribution < 1.29 is 4.79 Å². The molecule has 2 heterocycles. The van der Waals surface area contributed by atoms with Crippen LogP contribution in [-0.2, 0) is 6.54 Å². The van der Waals surface area contributed by atoms with E-state index in [0.29, 0.717) is 12.4 Å². The van der Waals surface area contributed by atoms with Crippen LogP contribution in [0.4, 0.5) is 5.82 Å². The zero-order valence-electron chi connectivity index (χ0n) is 8.34. The second-order valence-corrected chi connectivity index (χ2v) is 3.06. The van der Waals surface area contributed by atoms with Crippen molar-refractivity contribution in [1.29, 1.82) is 0 Å². The lowest BCUT2D eigenvalue weighted by Gasteiger charge is -2.02. The third-order valence-electron chi connectivity index (χ3n) is 1.91. The van der Waals surface area contributed by atoms with E-state index in [1.165, 1.54) is 6.07 Å². The van der Waals surface area contributed by atoms with Crippen molar-refractivity contribution in [3.63, 3.8) is 0 Å². The van der Waals surface area contributed by atoms with Crippen LogP contribution in [0.5, 0.6) is 0 Å². The van der Waals surface area contributed by atoms with Crippen LogP contribution in [0.2, 0.25) is 0 Å². The minimum Gasteiger partial charge on any atom is -0.364 e. The van der Waals surface area contributed by atoms with E-state index < -0.39 is 5.91 Å². The second-order valence-electron chi connectivity index (χ2n) is 3.06. The number of amides is 1. The number of rotatable bonds is 4. The monoisotopic (exact) mass is 218 g/mol. The first-order chi connectivity index (χ1) is 7.75. The molecule has 16 heavy (non-hydrogen) atoms. The predicted molar refractivity (Wildman–Crippen MR) is 56.5 cm³/mol. The van der Waals surface area contributed by atoms with Gasteiger partial charge in [-0.1, -0.05) is 0 Å². The van der Waals surface area contributed by atoms with E-state index in [4.69, 9.17) is 5.73 Å². The molecule has 0 aliphatic heterocycles. The van der Waals surface area contributed by atoms with E-state index in [1.807, 2.05) is 0 Å². The number of nitrogens with two attached hydrogens (primary N) is 1. The standard InChI is InChI=1S/C9H10N6O/c10-9(16)6-1-2-7(15-14-6)13-5-8-11-3-4-12-8/h1-4H,5H2,(H2,10,16)(H,11,12)(H,13,15). The molecule has 2 aromatic heterocycles. The molecule has 0 atom stereocenters. The molecule has 0 aliphatic carbocycles. The quantitative estimate of drug-likeness (QED) is 0.664. The van der Waals surface area contributed by atoms with Crippen molar-refractivity contribution in [1.82, 2.24) is 20.2 Å². The normalized spacial score (nSPS) is 10.0. The van der Waals surface area contributed by atoms with Gasteiger partial charge >= 0.3 is 0 Å². The minimum atomic E-state index is -0.593. The number of nitrogens with one attached hydrogen (secondary N) is 2. The van der Waals surface area contributed by atoms with E-state index in [0.717, 1.165) is 5.82 Å². The third kappa shape index (κ3) is 2.32. The Labute approximate surface area is 91.1 Å². The Bertz CT molecular complexity index is 463. The van der Waals surface area contributed by atoms with Crippen LogP contribution in [-0.4, -0.2) is 26.1 Å². The van der Waals surface area contributed by atoms with E-state index >= 15 is 0 Å². The smallest absolute Gasteiger partial charge is 0.269 e. The molecule has 7 nitrogen and oxygen atoms in total. The van der Waals surface area contributed by atoms with E-state index in [1.54, 1.807) is 18.5 Å². The Morgan fingerprint density at radius 2 is 2.31 bits per heavy atom. The first-order valence-electron chi connectivity index (χ1n) is 4.61. The van der Waals surface area contributed by atoms with Crippen LogP contribution in [0.15, 0.2) is 24.5 Å². The molecule has 0 bridgehead atoms. The predicted octanol–water partition coefficient (Wildman–Crippen LogP) is -0.0893. The van der Waals surface area contributed by atoms with Gasteiger partial charge in [0.1, 0.15) is 11.6 Å². The molecule has 1 amide bonds. The van der Waals surface area contributed by atoms with Crippen LogP contribution in [0, 0.1) is 0 Å². The number of anilines is 1. The zero-order valence-corrected chi connectivity index (χ0v) is 8.34. The molecule has 0 radical (unpaired) electrons. The summed E-state index contributed by atoms with van der Waals surface area (Å²) in [6.45, 7) is 0.512. The minimum absolute atomic E-state index is 0.142. The average molecular weight is 218 g/mol. The lowest BCUT2D eigenvalue weighted by atomic mass is 10.4. The van der Waals surface area contributed by atoms with Gasteiger partial charge in [0.15, 0.2) is 5.69 Å². The number of imidazole rings is 1. The molecule has 2 aromatic rings. The van der Waals surface area contributed by atoms with Gasteiger partial charge in [0.05, 0.1) is 6.54 Å². The third-order valence-corrected chi connectivity index (χ3v) is 1.91. The van der Waals surface area contributed by atoms with Gasteiger partial charge in [-0.3, -0.25) is 4.79 Å². The number of H-pyrrole nitrogens is 1. The topological polar surface area (TPSA) is 110 Å². The number of nitrogens with zero attached hydrogens (tertiary/aromatic N) is 3. The number of aromatic nitrogens is 4. The molecular formula is C9H10N6O. The van der Waals surface area contributed by atoms with Crippen molar-refractivity contribution in [3.05, 3.63) is 36.0 Å². The largest absolute Gasteiger partial charge is 0.364 e. The van der Waals surface area contributed by atoms with Crippen molar-refractivity contribution >= 4 is 11.7 Å². The summed E-state index contributed by atoms with van der Waals surface area (Å²) < 4.78 is 0. The molecule has 0 saturated heterocycles. The zero-order chi connectivity index (χ0) is 11.4. The first-order valence-corrected chi connectivity index (χ1v) is 4.61. The molecule has 0 saturated carbocycles. The van der Waals surface area contributed by atoms with Crippen molar-refractivity contribution in [2.75, 3.05) is 5.32 Å². The summed E-state index contributed by atoms with van der Waals surface area (Å²) in [7, 11) is 0. The molecule has 82 valence electrons. The number of hydrogen-bond acceptors (Lipinski definition) is 5. The fourth-order valence-corrected chi connectivity index (χ4v) is 1.13. The summed E-state index contributed by atoms with van der Waals surface area (Å²) in [5.41, 5.74) is 5.18. The number of hydrogen-bond donors (Lipinski definition) is 3. The van der Waals surface area contributed by atoms with Crippen molar-refractivity contribution in [3.8, 4) is 0 Å². The summed E-state index contributed by atoms with van der Waals surface area (Å²) in [5, 5.41) is 10.4. The van der Waals surface area contributed by atoms with Crippen molar-refractivity contribution in [2.45, 2.75) is 6.54 Å². The van der Waals surface area contributed by atoms with Gasteiger partial charge in [0.2, 0.25) is 0 Å². The van der Waals surface area contributed by atoms with Gasteiger partial charge in [-0.15, -0.1) is 10.2 Å². The molecular weight excluding hydrogens is 208 g/mol. The average Bonchev–Trinajstić information content (AvgIpc) is 2.80. The van der Waals surface area contributed by atoms with E-state index in [-0.39, 0.29) is 5.69 Å². The second kappa shape index (κ2) is 4.39. The maximum Gasteiger partial charge on any atom is 0.269 e. The van der Waals surface area contributed by atoms with Gasteiger partial charge < -0.3 is 16.0 Å². The lowest BCUT2D eigenvalue weighted by Crippen LogP contribution is -2.14. The van der Waals surface area contributed by atoms with Crippen LogP contribution in [0.1, 0.15) is 16.3 Å². The van der Waals surface area contributed by atoms with Crippen LogP contribution in [0.3, 0.4) is 0 Å². The lowest BCUT2D eigenvalue weighted by molar-refractivity contribution is 0.0994. The number of carbonyl (C=O) groups is 1. The first kappa shape index (κ1) is 10.1. The Morgan fingerprint density at radius 3 is 2.88 bits per heavy atom. The Morgan fingerprint density at radius 1 is 1.44 bits per heavy atom. The van der Waals surface area contributed by atoms with Gasteiger partial charge in [-0.05, 0) is 12.1 Å². The highest BCUT2D eigenvalue weighted by molar-refractivity contribution is 5.90. The molecule has 0 aliphatic rings. The summed E-state index contributed by atoms with van der Waals surface area (Å²) in [6.07, 6.45) is 3.40. The van der Waals surface area contributed by atoms with Gasteiger partial charge in [0, 0.05) is 12.4 Å². The molecule has 4 N–H and O–H groups in total. The summed E-state index contributed by atoms with van der Waals surface area (Å²) in [5.74, 6) is 0.757. The molecule has 7 heteroatoms. The van der Waals surface area contributed by atoms with Crippen molar-refractivity contribution in [2.24, 2.45) is 5.73 Å². The maximum absolute atomic E-state index is 10.7. The van der Waals surface area contributed by atoms with Gasteiger partial charge in [-0.2, -0.15) is 0 Å². The van der Waals surface area contributed by atoms with E-state index in [2.05, 4.69) is 25.5 Å². The maximum atomic E-state index is 10.7. The number of carbonyl (C=O) groups excluding carboxylic acids is 1. The Balaban J connectivity index is 1.98. The molecule has 2 rings (SSSR count).